The molecule has 0 saturated carbocycles. The Hall–Kier alpha value is -2.41. The van der Waals surface area contributed by atoms with Crippen molar-refractivity contribution in [1.82, 2.24) is 29.9 Å². The van der Waals surface area contributed by atoms with E-state index in [0.29, 0.717) is 6.54 Å². The number of benzene rings is 1. The molecule has 1 fully saturated rings. The molecule has 2 amide bonds. The molecule has 1 atom stereocenters. The minimum absolute atomic E-state index is 0.0116. The lowest BCUT2D eigenvalue weighted by Crippen LogP contribution is -2.52. The average Bonchev–Trinajstić information content (AvgIpc) is 2.95. The van der Waals surface area contributed by atoms with Gasteiger partial charge in [0.05, 0.1) is 6.04 Å². The number of aryl methyl sites for hydroxylation is 1. The van der Waals surface area contributed by atoms with E-state index in [0.717, 1.165) is 50.7 Å². The molecule has 150 valence electrons. The first-order valence-corrected chi connectivity index (χ1v) is 10.4. The fourth-order valence-corrected chi connectivity index (χ4v) is 4.24. The highest BCUT2D eigenvalue weighted by atomic mass is 16.2. The molecule has 1 saturated heterocycles. The SMILES string of the molecule is CN1CCN(C(=O)NCCc2nnc3n2CCCCC3)C(c2ccccc2)C1. The largest absolute Gasteiger partial charge is 0.338 e. The van der Waals surface area contributed by atoms with Crippen molar-refractivity contribution >= 4 is 6.03 Å². The van der Waals surface area contributed by atoms with Crippen molar-refractivity contribution in [3.63, 3.8) is 0 Å². The van der Waals surface area contributed by atoms with Crippen LogP contribution in [0.2, 0.25) is 0 Å². The van der Waals surface area contributed by atoms with E-state index in [9.17, 15) is 4.79 Å². The molecule has 0 radical (unpaired) electrons. The van der Waals surface area contributed by atoms with E-state index in [1.807, 2.05) is 23.1 Å². The van der Waals surface area contributed by atoms with Crippen LogP contribution in [-0.4, -0.2) is 63.8 Å². The van der Waals surface area contributed by atoms with Crippen molar-refractivity contribution in [1.29, 1.82) is 0 Å². The second kappa shape index (κ2) is 8.73. The molecular weight excluding hydrogens is 352 g/mol. The van der Waals surface area contributed by atoms with Crippen LogP contribution >= 0.6 is 0 Å². The van der Waals surface area contributed by atoms with Gasteiger partial charge in [-0.2, -0.15) is 0 Å². The zero-order valence-corrected chi connectivity index (χ0v) is 16.7. The van der Waals surface area contributed by atoms with Gasteiger partial charge in [0.25, 0.3) is 0 Å². The van der Waals surface area contributed by atoms with Crippen molar-refractivity contribution in [2.45, 2.75) is 44.7 Å². The molecule has 1 unspecified atom stereocenters. The quantitative estimate of drug-likeness (QED) is 0.881. The highest BCUT2D eigenvalue weighted by Crippen LogP contribution is 2.24. The van der Waals surface area contributed by atoms with Crippen LogP contribution in [0.15, 0.2) is 30.3 Å². The maximum atomic E-state index is 12.9. The summed E-state index contributed by atoms with van der Waals surface area (Å²) in [5.41, 5.74) is 1.19. The van der Waals surface area contributed by atoms with Gasteiger partial charge in [-0.15, -0.1) is 10.2 Å². The minimum Gasteiger partial charge on any atom is -0.338 e. The number of urea groups is 1. The Labute approximate surface area is 166 Å². The Morgan fingerprint density at radius 2 is 1.96 bits per heavy atom. The number of nitrogens with one attached hydrogen (secondary N) is 1. The third kappa shape index (κ3) is 4.19. The van der Waals surface area contributed by atoms with E-state index < -0.39 is 0 Å². The molecule has 2 aromatic rings. The molecule has 3 heterocycles. The number of carbonyl (C=O) groups excluding carboxylic acids is 1. The number of aromatic nitrogens is 3. The van der Waals surface area contributed by atoms with Gasteiger partial charge in [0.2, 0.25) is 0 Å². The number of rotatable bonds is 4. The Balaban J connectivity index is 1.37. The summed E-state index contributed by atoms with van der Waals surface area (Å²) in [7, 11) is 2.11. The van der Waals surface area contributed by atoms with Crippen LogP contribution in [0.25, 0.3) is 0 Å². The molecule has 0 spiro atoms. The molecule has 1 N–H and O–H groups in total. The van der Waals surface area contributed by atoms with Crippen molar-refractivity contribution in [2.24, 2.45) is 0 Å². The summed E-state index contributed by atoms with van der Waals surface area (Å²) in [6.45, 7) is 4.08. The standard InChI is InChI=1S/C21H30N6O/c1-25-14-15-26(18(16-25)17-8-4-2-5-9-17)21(28)22-12-11-20-24-23-19-10-6-3-7-13-27(19)20/h2,4-5,8-9,18H,3,6-7,10-16H2,1H3,(H,22,28). The number of piperazine rings is 1. The molecule has 7 heteroatoms. The molecule has 2 aliphatic rings. The summed E-state index contributed by atoms with van der Waals surface area (Å²) >= 11 is 0. The Kier molecular flexibility index (Phi) is 5.90. The van der Waals surface area contributed by atoms with Gasteiger partial charge in [-0.1, -0.05) is 36.8 Å². The number of nitrogens with zero attached hydrogens (tertiary/aromatic N) is 5. The third-order valence-electron chi connectivity index (χ3n) is 5.84. The number of hydrogen-bond donors (Lipinski definition) is 1. The Bertz CT molecular complexity index is 789. The second-order valence-corrected chi connectivity index (χ2v) is 7.86. The molecule has 28 heavy (non-hydrogen) atoms. The van der Waals surface area contributed by atoms with E-state index in [1.54, 1.807) is 0 Å². The van der Waals surface area contributed by atoms with Crippen molar-refractivity contribution in [3.8, 4) is 0 Å². The maximum Gasteiger partial charge on any atom is 0.318 e. The van der Waals surface area contributed by atoms with Crippen molar-refractivity contribution in [2.75, 3.05) is 33.2 Å². The van der Waals surface area contributed by atoms with Gasteiger partial charge in [-0.05, 0) is 25.5 Å². The Morgan fingerprint density at radius 1 is 1.11 bits per heavy atom. The summed E-state index contributed by atoms with van der Waals surface area (Å²) in [5.74, 6) is 2.09. The number of hydrogen-bond acceptors (Lipinski definition) is 4. The molecule has 0 aliphatic carbocycles. The number of likely N-dealkylation sites (N-methyl/N-ethyl adjacent to an activating group) is 1. The summed E-state index contributed by atoms with van der Waals surface area (Å²) in [5, 5.41) is 11.8. The van der Waals surface area contributed by atoms with E-state index >= 15 is 0 Å². The van der Waals surface area contributed by atoms with Gasteiger partial charge < -0.3 is 19.7 Å². The van der Waals surface area contributed by atoms with Crippen LogP contribution in [0.3, 0.4) is 0 Å². The molecule has 4 rings (SSSR count). The fraction of sp³-hybridized carbons (Fsp3) is 0.571. The summed E-state index contributed by atoms with van der Waals surface area (Å²) < 4.78 is 2.25. The number of amides is 2. The summed E-state index contributed by atoms with van der Waals surface area (Å²) in [6, 6.07) is 10.4. The van der Waals surface area contributed by atoms with E-state index in [-0.39, 0.29) is 12.1 Å². The monoisotopic (exact) mass is 382 g/mol. The van der Waals surface area contributed by atoms with Crippen LogP contribution in [-0.2, 0) is 19.4 Å². The topological polar surface area (TPSA) is 66.3 Å². The predicted molar refractivity (Wildman–Crippen MR) is 108 cm³/mol. The summed E-state index contributed by atoms with van der Waals surface area (Å²) in [4.78, 5) is 17.2. The van der Waals surface area contributed by atoms with Gasteiger partial charge in [-0.3, -0.25) is 0 Å². The molecule has 1 aromatic heterocycles. The van der Waals surface area contributed by atoms with E-state index in [2.05, 4.69) is 44.2 Å². The fourth-order valence-electron chi connectivity index (χ4n) is 4.24. The lowest BCUT2D eigenvalue weighted by molar-refractivity contribution is 0.109. The van der Waals surface area contributed by atoms with Crippen LogP contribution in [0, 0.1) is 0 Å². The van der Waals surface area contributed by atoms with Crippen LogP contribution in [0.4, 0.5) is 4.79 Å². The highest BCUT2D eigenvalue weighted by Gasteiger charge is 2.30. The molecular formula is C21H30N6O. The lowest BCUT2D eigenvalue weighted by Gasteiger charge is -2.40. The van der Waals surface area contributed by atoms with Gasteiger partial charge in [0, 0.05) is 45.6 Å². The number of carbonyl (C=O) groups is 1. The lowest BCUT2D eigenvalue weighted by atomic mass is 10.0. The molecule has 2 aliphatic heterocycles. The van der Waals surface area contributed by atoms with Crippen molar-refractivity contribution < 1.29 is 4.79 Å². The van der Waals surface area contributed by atoms with E-state index in [4.69, 9.17) is 0 Å². The Morgan fingerprint density at radius 3 is 2.82 bits per heavy atom. The normalized spacial score (nSPS) is 20.5. The van der Waals surface area contributed by atoms with Crippen molar-refractivity contribution in [3.05, 3.63) is 47.5 Å². The van der Waals surface area contributed by atoms with Gasteiger partial charge >= 0.3 is 6.03 Å². The molecule has 0 bridgehead atoms. The average molecular weight is 383 g/mol. The second-order valence-electron chi connectivity index (χ2n) is 7.86. The smallest absolute Gasteiger partial charge is 0.318 e. The maximum absolute atomic E-state index is 12.9. The summed E-state index contributed by atoms with van der Waals surface area (Å²) in [6.07, 6.45) is 5.37. The molecule has 1 aromatic carbocycles. The van der Waals surface area contributed by atoms with Gasteiger partial charge in [0.1, 0.15) is 11.6 Å². The first-order chi connectivity index (χ1) is 13.7. The zero-order chi connectivity index (χ0) is 19.3. The minimum atomic E-state index is 0.0116. The van der Waals surface area contributed by atoms with Crippen LogP contribution in [0.5, 0.6) is 0 Å². The number of fused-ring (bicyclic) bond motifs is 1. The predicted octanol–water partition coefficient (Wildman–Crippen LogP) is 2.25. The highest BCUT2D eigenvalue weighted by molar-refractivity contribution is 5.75. The van der Waals surface area contributed by atoms with Crippen LogP contribution < -0.4 is 5.32 Å². The first-order valence-electron chi connectivity index (χ1n) is 10.4. The van der Waals surface area contributed by atoms with Gasteiger partial charge in [0.15, 0.2) is 0 Å². The zero-order valence-electron chi connectivity index (χ0n) is 16.7. The van der Waals surface area contributed by atoms with Crippen LogP contribution in [0.1, 0.15) is 42.5 Å². The van der Waals surface area contributed by atoms with Gasteiger partial charge in [-0.25, -0.2) is 4.79 Å². The molecule has 7 nitrogen and oxygen atoms in total. The first kappa shape index (κ1) is 18.9. The van der Waals surface area contributed by atoms with E-state index in [1.165, 1.54) is 24.8 Å². The third-order valence-corrected chi connectivity index (χ3v) is 5.84.